The Morgan fingerprint density at radius 3 is 2.48 bits per heavy atom. The van der Waals surface area contributed by atoms with E-state index < -0.39 is 17.3 Å². The number of fused-ring (bicyclic) bond motifs is 1. The molecule has 1 aromatic heterocycles. The average molecular weight is 430 g/mol. The van der Waals surface area contributed by atoms with Gasteiger partial charge in [-0.3, -0.25) is 4.79 Å². The van der Waals surface area contributed by atoms with Crippen LogP contribution in [0.15, 0.2) is 33.5 Å². The molecule has 0 atom stereocenters. The third-order valence-corrected chi connectivity index (χ3v) is 5.52. The van der Waals surface area contributed by atoms with Crippen molar-refractivity contribution in [3.8, 4) is 5.75 Å². The fourth-order valence-corrected chi connectivity index (χ4v) is 3.91. The highest BCUT2D eigenvalue weighted by molar-refractivity contribution is 5.83. The summed E-state index contributed by atoms with van der Waals surface area (Å²) in [6.45, 7) is 8.00. The predicted octanol–water partition coefficient (Wildman–Crippen LogP) is 4.59. The van der Waals surface area contributed by atoms with E-state index in [-0.39, 0.29) is 11.9 Å². The van der Waals surface area contributed by atoms with Crippen molar-refractivity contribution in [2.24, 2.45) is 11.8 Å². The largest absolute Gasteiger partial charge is 0.444 e. The lowest BCUT2D eigenvalue weighted by molar-refractivity contribution is -0.140. The minimum Gasteiger partial charge on any atom is -0.444 e. The van der Waals surface area contributed by atoms with E-state index in [1.54, 1.807) is 12.1 Å². The van der Waals surface area contributed by atoms with E-state index in [0.29, 0.717) is 43.1 Å². The second-order valence-electron chi connectivity index (χ2n) is 9.12. The molecule has 1 saturated carbocycles. The number of rotatable bonds is 5. The second kappa shape index (κ2) is 9.54. The average Bonchev–Trinajstić information content (AvgIpc) is 2.70. The number of esters is 1. The Bertz CT molecular complexity index is 995. The lowest BCUT2D eigenvalue weighted by atomic mass is 9.82. The standard InChI is InChI=1S/C24H31NO6/c1-5-16-12-21(26)30-20-13-18(10-11-19(16)20)29-22(27)17-8-6-15(7-9-17)14-25-23(28)31-24(2,3)4/h10-13,15,17H,5-9,14H2,1-4H3,(H,25,28). The van der Waals surface area contributed by atoms with Gasteiger partial charge in [0.05, 0.1) is 5.92 Å². The van der Waals surface area contributed by atoms with E-state index in [9.17, 15) is 14.4 Å². The van der Waals surface area contributed by atoms with Crippen LogP contribution in [0.4, 0.5) is 4.79 Å². The van der Waals surface area contributed by atoms with Crippen LogP contribution >= 0.6 is 0 Å². The molecule has 0 unspecified atom stereocenters. The number of nitrogens with one attached hydrogen (secondary N) is 1. The topological polar surface area (TPSA) is 94.8 Å². The number of aryl methyl sites for hydroxylation is 1. The molecule has 1 aromatic carbocycles. The van der Waals surface area contributed by atoms with Crippen LogP contribution in [0.5, 0.6) is 5.75 Å². The Morgan fingerprint density at radius 1 is 1.13 bits per heavy atom. The van der Waals surface area contributed by atoms with Gasteiger partial charge in [-0.15, -0.1) is 0 Å². The van der Waals surface area contributed by atoms with Gasteiger partial charge in [0.15, 0.2) is 0 Å². The molecule has 168 valence electrons. The highest BCUT2D eigenvalue weighted by Gasteiger charge is 2.28. The maximum absolute atomic E-state index is 12.6. The summed E-state index contributed by atoms with van der Waals surface area (Å²) < 4.78 is 16.1. The van der Waals surface area contributed by atoms with Crippen molar-refractivity contribution in [1.82, 2.24) is 5.32 Å². The van der Waals surface area contributed by atoms with Crippen LogP contribution < -0.4 is 15.7 Å². The van der Waals surface area contributed by atoms with Crippen LogP contribution in [0.3, 0.4) is 0 Å². The van der Waals surface area contributed by atoms with Gasteiger partial charge in [-0.1, -0.05) is 6.92 Å². The van der Waals surface area contributed by atoms with Gasteiger partial charge in [0.25, 0.3) is 0 Å². The van der Waals surface area contributed by atoms with Crippen LogP contribution in [-0.2, 0) is 16.0 Å². The third-order valence-electron chi connectivity index (χ3n) is 5.52. The van der Waals surface area contributed by atoms with E-state index in [2.05, 4.69) is 5.32 Å². The first-order valence-corrected chi connectivity index (χ1v) is 10.9. The fourth-order valence-electron chi connectivity index (χ4n) is 3.91. The Kier molecular flexibility index (Phi) is 7.03. The maximum atomic E-state index is 12.6. The van der Waals surface area contributed by atoms with Crippen molar-refractivity contribution in [1.29, 1.82) is 0 Å². The van der Waals surface area contributed by atoms with Gasteiger partial charge in [0, 0.05) is 24.1 Å². The summed E-state index contributed by atoms with van der Waals surface area (Å²) in [6.07, 6.45) is 3.39. The molecule has 0 saturated heterocycles. The Morgan fingerprint density at radius 2 is 1.84 bits per heavy atom. The molecule has 1 heterocycles. The molecule has 0 spiro atoms. The molecule has 2 aromatic rings. The van der Waals surface area contributed by atoms with Gasteiger partial charge >= 0.3 is 17.7 Å². The first-order valence-electron chi connectivity index (χ1n) is 10.9. The molecule has 0 bridgehead atoms. The van der Waals surface area contributed by atoms with Crippen molar-refractivity contribution in [2.45, 2.75) is 65.4 Å². The number of carbonyl (C=O) groups is 2. The van der Waals surface area contributed by atoms with Gasteiger partial charge in [-0.2, -0.15) is 0 Å². The first-order chi connectivity index (χ1) is 14.6. The Hall–Kier alpha value is -2.83. The maximum Gasteiger partial charge on any atom is 0.407 e. The molecule has 1 fully saturated rings. The third kappa shape index (κ3) is 6.32. The van der Waals surface area contributed by atoms with Gasteiger partial charge in [-0.25, -0.2) is 9.59 Å². The van der Waals surface area contributed by atoms with Crippen molar-refractivity contribution in [2.75, 3.05) is 6.54 Å². The quantitative estimate of drug-likeness (QED) is 0.424. The number of carbonyl (C=O) groups excluding carboxylic acids is 2. The van der Waals surface area contributed by atoms with Gasteiger partial charge in [-0.05, 0) is 76.5 Å². The molecule has 7 heteroatoms. The van der Waals surface area contributed by atoms with Gasteiger partial charge in [0.1, 0.15) is 16.9 Å². The number of alkyl carbamates (subject to hydrolysis) is 1. The zero-order valence-electron chi connectivity index (χ0n) is 18.7. The monoisotopic (exact) mass is 429 g/mol. The summed E-state index contributed by atoms with van der Waals surface area (Å²) >= 11 is 0. The summed E-state index contributed by atoms with van der Waals surface area (Å²) in [6, 6.07) is 6.64. The lowest BCUT2D eigenvalue weighted by Crippen LogP contribution is -2.36. The highest BCUT2D eigenvalue weighted by Crippen LogP contribution is 2.30. The van der Waals surface area contributed by atoms with E-state index in [0.717, 1.165) is 23.8 Å². The van der Waals surface area contributed by atoms with Crippen LogP contribution in [0.25, 0.3) is 11.0 Å². The van der Waals surface area contributed by atoms with Crippen LogP contribution in [-0.4, -0.2) is 24.2 Å². The SMILES string of the molecule is CCc1cc(=O)oc2cc(OC(=O)C3CCC(CNC(=O)OC(C)(C)C)CC3)ccc12. The smallest absolute Gasteiger partial charge is 0.407 e. The summed E-state index contributed by atoms with van der Waals surface area (Å²) in [5.41, 5.74) is 0.398. The Labute approximate surface area is 182 Å². The summed E-state index contributed by atoms with van der Waals surface area (Å²) in [5.74, 6) is 0.246. The van der Waals surface area contributed by atoms with Crippen LogP contribution in [0, 0.1) is 11.8 Å². The fraction of sp³-hybridized carbons (Fsp3) is 0.542. The zero-order chi connectivity index (χ0) is 22.6. The van der Waals surface area contributed by atoms with Crippen molar-refractivity contribution in [3.63, 3.8) is 0 Å². The minimum atomic E-state index is -0.519. The molecule has 1 amide bonds. The molecule has 0 aliphatic heterocycles. The summed E-state index contributed by atoms with van der Waals surface area (Å²) in [4.78, 5) is 36.1. The molecule has 7 nitrogen and oxygen atoms in total. The molecular weight excluding hydrogens is 398 g/mol. The normalized spacial score (nSPS) is 19.1. The molecule has 3 rings (SSSR count). The highest BCUT2D eigenvalue weighted by atomic mass is 16.6. The van der Waals surface area contributed by atoms with Crippen molar-refractivity contribution < 1.29 is 23.5 Å². The number of benzene rings is 1. The van der Waals surface area contributed by atoms with Crippen molar-refractivity contribution >= 4 is 23.0 Å². The summed E-state index contributed by atoms with van der Waals surface area (Å²) in [5, 5.41) is 3.66. The Balaban J connectivity index is 1.52. The van der Waals surface area contributed by atoms with Crippen molar-refractivity contribution in [3.05, 3.63) is 40.2 Å². The lowest BCUT2D eigenvalue weighted by Gasteiger charge is -2.28. The zero-order valence-corrected chi connectivity index (χ0v) is 18.7. The van der Waals surface area contributed by atoms with Gasteiger partial charge in [0.2, 0.25) is 0 Å². The van der Waals surface area contributed by atoms with Crippen LogP contribution in [0.2, 0.25) is 0 Å². The molecule has 1 aliphatic rings. The molecule has 0 radical (unpaired) electrons. The number of ether oxygens (including phenoxy) is 2. The predicted molar refractivity (Wildman–Crippen MR) is 117 cm³/mol. The van der Waals surface area contributed by atoms with E-state index >= 15 is 0 Å². The number of amides is 1. The molecule has 1 aliphatic carbocycles. The molecule has 1 N–H and O–H groups in total. The molecular formula is C24H31NO6. The second-order valence-corrected chi connectivity index (χ2v) is 9.12. The molecule has 31 heavy (non-hydrogen) atoms. The van der Waals surface area contributed by atoms with Crippen LogP contribution in [0.1, 0.15) is 58.9 Å². The minimum absolute atomic E-state index is 0.178. The van der Waals surface area contributed by atoms with E-state index in [1.165, 1.54) is 6.07 Å². The van der Waals surface area contributed by atoms with Gasteiger partial charge < -0.3 is 19.2 Å². The number of hydrogen-bond acceptors (Lipinski definition) is 6. The number of hydrogen-bond donors (Lipinski definition) is 1. The first kappa shape index (κ1) is 22.8. The van der Waals surface area contributed by atoms with E-state index in [1.807, 2.05) is 33.8 Å². The summed E-state index contributed by atoms with van der Waals surface area (Å²) in [7, 11) is 0. The van der Waals surface area contributed by atoms with E-state index in [4.69, 9.17) is 13.9 Å².